The van der Waals surface area contributed by atoms with E-state index in [2.05, 4.69) is 15.5 Å². The molecule has 14 heavy (non-hydrogen) atoms. The van der Waals surface area contributed by atoms with Crippen molar-refractivity contribution in [3.05, 3.63) is 18.3 Å². The molecule has 0 saturated heterocycles. The molecule has 1 fully saturated rings. The number of nitrogens with two attached hydrogens (primary N) is 1. The molecule has 1 aliphatic carbocycles. The second-order valence-electron chi connectivity index (χ2n) is 3.84. The summed E-state index contributed by atoms with van der Waals surface area (Å²) in [7, 11) is 0. The van der Waals surface area contributed by atoms with E-state index in [1.165, 1.54) is 19.3 Å². The molecule has 1 aromatic rings. The Labute approximate surface area is 83.9 Å². The summed E-state index contributed by atoms with van der Waals surface area (Å²) in [6.07, 6.45) is 5.56. The third-order valence-electron chi connectivity index (χ3n) is 2.85. The third kappa shape index (κ3) is 2.20. The second kappa shape index (κ2) is 4.37. The highest BCUT2D eigenvalue weighted by Crippen LogP contribution is 2.28. The van der Waals surface area contributed by atoms with Gasteiger partial charge in [-0.2, -0.15) is 5.10 Å². The Kier molecular flexibility index (Phi) is 2.93. The number of anilines is 1. The highest BCUT2D eigenvalue weighted by molar-refractivity contribution is 5.31. The fourth-order valence-electron chi connectivity index (χ4n) is 1.65. The molecule has 2 rings (SSSR count). The predicted molar refractivity (Wildman–Crippen MR) is 55.8 cm³/mol. The molecule has 1 unspecified atom stereocenters. The van der Waals surface area contributed by atoms with E-state index in [1.54, 1.807) is 6.20 Å². The van der Waals surface area contributed by atoms with Gasteiger partial charge in [0, 0.05) is 18.8 Å². The van der Waals surface area contributed by atoms with Crippen LogP contribution >= 0.6 is 0 Å². The number of nitrogens with zero attached hydrogens (tertiary/aromatic N) is 2. The normalized spacial score (nSPS) is 18.6. The molecule has 1 aromatic heterocycles. The maximum absolute atomic E-state index is 6.02. The molecule has 3 N–H and O–H groups in total. The number of aromatic nitrogens is 2. The fourth-order valence-corrected chi connectivity index (χ4v) is 1.65. The number of rotatable bonds is 4. The van der Waals surface area contributed by atoms with Crippen LogP contribution in [0.5, 0.6) is 0 Å². The van der Waals surface area contributed by atoms with Crippen LogP contribution < -0.4 is 11.1 Å². The van der Waals surface area contributed by atoms with Crippen LogP contribution in [-0.2, 0) is 0 Å². The van der Waals surface area contributed by atoms with E-state index in [0.717, 1.165) is 12.4 Å². The van der Waals surface area contributed by atoms with Crippen molar-refractivity contribution in [1.82, 2.24) is 10.2 Å². The second-order valence-corrected chi connectivity index (χ2v) is 3.84. The first-order valence-electron chi connectivity index (χ1n) is 5.13. The molecule has 1 heterocycles. The van der Waals surface area contributed by atoms with Gasteiger partial charge in [0.15, 0.2) is 0 Å². The minimum atomic E-state index is 0.255. The lowest BCUT2D eigenvalue weighted by atomic mass is 9.80. The minimum Gasteiger partial charge on any atom is -0.367 e. The van der Waals surface area contributed by atoms with E-state index in [1.807, 2.05) is 12.1 Å². The van der Waals surface area contributed by atoms with Crippen LogP contribution in [0.15, 0.2) is 18.3 Å². The lowest BCUT2D eigenvalue weighted by Gasteiger charge is -2.31. The summed E-state index contributed by atoms with van der Waals surface area (Å²) in [6.45, 7) is 0.795. The molecule has 1 atom stereocenters. The molecule has 0 radical (unpaired) electrons. The van der Waals surface area contributed by atoms with Crippen molar-refractivity contribution in [2.24, 2.45) is 11.7 Å². The van der Waals surface area contributed by atoms with Crippen LogP contribution in [0.1, 0.15) is 19.3 Å². The first-order valence-corrected chi connectivity index (χ1v) is 5.13. The van der Waals surface area contributed by atoms with Gasteiger partial charge >= 0.3 is 0 Å². The fraction of sp³-hybridized carbons (Fsp3) is 0.600. The van der Waals surface area contributed by atoms with Crippen molar-refractivity contribution in [3.8, 4) is 0 Å². The van der Waals surface area contributed by atoms with Gasteiger partial charge < -0.3 is 11.1 Å². The lowest BCUT2D eigenvalue weighted by Crippen LogP contribution is -2.40. The van der Waals surface area contributed by atoms with Crippen molar-refractivity contribution in [3.63, 3.8) is 0 Å². The molecule has 76 valence electrons. The Morgan fingerprint density at radius 2 is 2.43 bits per heavy atom. The summed E-state index contributed by atoms with van der Waals surface area (Å²) in [4.78, 5) is 0. The van der Waals surface area contributed by atoms with Crippen LogP contribution in [0.2, 0.25) is 0 Å². The summed E-state index contributed by atoms with van der Waals surface area (Å²) >= 11 is 0. The zero-order valence-corrected chi connectivity index (χ0v) is 8.19. The van der Waals surface area contributed by atoms with Gasteiger partial charge in [-0.05, 0) is 30.9 Å². The Morgan fingerprint density at radius 3 is 3.00 bits per heavy atom. The van der Waals surface area contributed by atoms with Gasteiger partial charge in [-0.3, -0.25) is 0 Å². The summed E-state index contributed by atoms with van der Waals surface area (Å²) in [5.74, 6) is 1.52. The van der Waals surface area contributed by atoms with E-state index >= 15 is 0 Å². The van der Waals surface area contributed by atoms with Gasteiger partial charge in [0.1, 0.15) is 5.82 Å². The Morgan fingerprint density at radius 1 is 1.57 bits per heavy atom. The van der Waals surface area contributed by atoms with Gasteiger partial charge in [-0.25, -0.2) is 0 Å². The topological polar surface area (TPSA) is 63.8 Å². The molecule has 0 aromatic carbocycles. The van der Waals surface area contributed by atoms with Crippen LogP contribution in [0.4, 0.5) is 5.82 Å². The molecule has 4 heteroatoms. The van der Waals surface area contributed by atoms with Crippen molar-refractivity contribution in [2.45, 2.75) is 25.3 Å². The first-order chi connectivity index (χ1) is 6.86. The zero-order chi connectivity index (χ0) is 9.80. The summed E-state index contributed by atoms with van der Waals surface area (Å²) in [5.41, 5.74) is 6.02. The van der Waals surface area contributed by atoms with Crippen LogP contribution in [-0.4, -0.2) is 22.8 Å². The standard InChI is InChI=1S/C10H16N4/c11-9(8-3-1-4-8)7-12-10-5-2-6-13-14-10/h2,5-6,8-9H,1,3-4,7,11H2,(H,12,14). The van der Waals surface area contributed by atoms with Crippen LogP contribution in [0.25, 0.3) is 0 Å². The summed E-state index contributed by atoms with van der Waals surface area (Å²) < 4.78 is 0. The van der Waals surface area contributed by atoms with Gasteiger partial charge in [-0.1, -0.05) is 6.42 Å². The average molecular weight is 192 g/mol. The van der Waals surface area contributed by atoms with Crippen LogP contribution in [0, 0.1) is 5.92 Å². The highest BCUT2D eigenvalue weighted by Gasteiger charge is 2.23. The average Bonchev–Trinajstić information content (AvgIpc) is 2.14. The smallest absolute Gasteiger partial charge is 0.148 e. The SMILES string of the molecule is NC(CNc1cccnn1)C1CCC1. The molecule has 0 aliphatic heterocycles. The van der Waals surface area contributed by atoms with Gasteiger partial charge in [0.2, 0.25) is 0 Å². The van der Waals surface area contributed by atoms with Gasteiger partial charge in [0.25, 0.3) is 0 Å². The summed E-state index contributed by atoms with van der Waals surface area (Å²) in [5, 5.41) is 10.9. The van der Waals surface area contributed by atoms with Gasteiger partial charge in [0.05, 0.1) is 0 Å². The van der Waals surface area contributed by atoms with E-state index in [9.17, 15) is 0 Å². The molecular formula is C10H16N4. The van der Waals surface area contributed by atoms with Gasteiger partial charge in [-0.15, -0.1) is 5.10 Å². The van der Waals surface area contributed by atoms with Crippen molar-refractivity contribution >= 4 is 5.82 Å². The van der Waals surface area contributed by atoms with E-state index in [4.69, 9.17) is 5.73 Å². The molecule has 0 amide bonds. The molecule has 4 nitrogen and oxygen atoms in total. The number of hydrogen-bond acceptors (Lipinski definition) is 4. The zero-order valence-electron chi connectivity index (χ0n) is 8.19. The maximum Gasteiger partial charge on any atom is 0.148 e. The largest absolute Gasteiger partial charge is 0.367 e. The van der Waals surface area contributed by atoms with Crippen molar-refractivity contribution in [2.75, 3.05) is 11.9 Å². The quantitative estimate of drug-likeness (QED) is 0.747. The number of nitrogens with one attached hydrogen (secondary N) is 1. The van der Waals surface area contributed by atoms with Crippen LogP contribution in [0.3, 0.4) is 0 Å². The van der Waals surface area contributed by atoms with E-state index in [0.29, 0.717) is 5.92 Å². The number of hydrogen-bond donors (Lipinski definition) is 2. The predicted octanol–water partition coefficient (Wildman–Crippen LogP) is 1.02. The van der Waals surface area contributed by atoms with E-state index < -0.39 is 0 Å². The highest BCUT2D eigenvalue weighted by atomic mass is 15.2. The van der Waals surface area contributed by atoms with Crippen molar-refractivity contribution in [1.29, 1.82) is 0 Å². The lowest BCUT2D eigenvalue weighted by molar-refractivity contribution is 0.268. The minimum absolute atomic E-state index is 0.255. The molecule has 0 spiro atoms. The third-order valence-corrected chi connectivity index (χ3v) is 2.85. The maximum atomic E-state index is 6.02. The molecular weight excluding hydrogens is 176 g/mol. The molecule has 1 aliphatic rings. The molecule has 0 bridgehead atoms. The van der Waals surface area contributed by atoms with E-state index in [-0.39, 0.29) is 6.04 Å². The Hall–Kier alpha value is -1.16. The first kappa shape index (κ1) is 9.40. The van der Waals surface area contributed by atoms with Crippen molar-refractivity contribution < 1.29 is 0 Å². The Balaban J connectivity index is 1.76. The summed E-state index contributed by atoms with van der Waals surface area (Å²) in [6, 6.07) is 4.02. The monoisotopic (exact) mass is 192 g/mol. The Bertz CT molecular complexity index is 271. The molecule has 1 saturated carbocycles.